The van der Waals surface area contributed by atoms with Gasteiger partial charge >= 0.3 is 23.9 Å². The molecule has 0 aromatic rings. The Hall–Kier alpha value is -2.95. The van der Waals surface area contributed by atoms with Crippen molar-refractivity contribution in [3.05, 3.63) is 0 Å². The zero-order valence-corrected chi connectivity index (χ0v) is 24.3. The number of carbonyl (C=O) groups is 4. The summed E-state index contributed by atoms with van der Waals surface area (Å²) in [7, 11) is 0. The molecule has 13 heteroatoms. The molecule has 0 radical (unpaired) electrons. The molecular weight excluding hydrogens is 542 g/mol. The van der Waals surface area contributed by atoms with Crippen molar-refractivity contribution in [3.8, 4) is 6.26 Å². The monoisotopic (exact) mass is 593 g/mol. The number of ether oxygens (including phenoxy) is 1. The molecule has 0 spiro atoms. The van der Waals surface area contributed by atoms with E-state index in [1.165, 1.54) is 89.7 Å². The van der Waals surface area contributed by atoms with E-state index in [-0.39, 0.29) is 13.2 Å². The average molecular weight is 594 g/mol. The minimum Gasteiger partial charge on any atom is -0.481 e. The zero-order chi connectivity index (χ0) is 31.9. The highest BCUT2D eigenvalue weighted by molar-refractivity contribution is 5.88. The lowest BCUT2D eigenvalue weighted by Crippen LogP contribution is -2.42. The van der Waals surface area contributed by atoms with Gasteiger partial charge in [-0.25, -0.2) is 4.79 Å². The molecule has 0 aliphatic rings. The Morgan fingerprint density at radius 2 is 1.07 bits per heavy atom. The smallest absolute Gasteiger partial charge is 0.336 e. The molecule has 1 unspecified atom stereocenters. The summed E-state index contributed by atoms with van der Waals surface area (Å²) < 4.78 is 4.08. The molecule has 0 amide bonds. The highest BCUT2D eigenvalue weighted by Crippen LogP contribution is 2.16. The number of hydrogen-bond acceptors (Lipinski definition) is 9. The maximum Gasteiger partial charge on any atom is 0.336 e. The lowest BCUT2D eigenvalue weighted by Gasteiger charge is -2.18. The van der Waals surface area contributed by atoms with E-state index in [0.29, 0.717) is 6.42 Å². The van der Waals surface area contributed by atoms with Crippen LogP contribution in [0, 0.1) is 11.5 Å². The zero-order valence-electron chi connectivity index (χ0n) is 24.3. The minimum absolute atomic E-state index is 0.132. The van der Waals surface area contributed by atoms with E-state index in [1.807, 2.05) is 0 Å². The number of unbranched alkanes of at least 4 members (excludes halogenated alkanes) is 14. The second-order valence-corrected chi connectivity index (χ2v) is 9.81. The van der Waals surface area contributed by atoms with Crippen LogP contribution in [0.3, 0.4) is 0 Å². The second-order valence-electron chi connectivity index (χ2n) is 9.81. The lowest BCUT2D eigenvalue weighted by molar-refractivity contribution is -0.170. The molecule has 0 aliphatic heterocycles. The van der Waals surface area contributed by atoms with E-state index in [2.05, 4.69) is 11.7 Å². The first-order valence-corrected chi connectivity index (χ1v) is 14.3. The molecule has 0 saturated carbocycles. The predicted octanol–water partition coefficient (Wildman–Crippen LogP) is 3.92. The fourth-order valence-electron chi connectivity index (χ4n) is 3.55. The van der Waals surface area contributed by atoms with Gasteiger partial charge in [-0.15, -0.1) is 0 Å². The van der Waals surface area contributed by atoms with Gasteiger partial charge in [-0.05, 0) is 6.42 Å². The third kappa shape index (κ3) is 35.0. The Kier molecular flexibility index (Phi) is 31.1. The van der Waals surface area contributed by atoms with E-state index in [9.17, 15) is 19.2 Å². The van der Waals surface area contributed by atoms with Gasteiger partial charge in [-0.2, -0.15) is 5.26 Å². The van der Waals surface area contributed by atoms with Crippen LogP contribution in [0.1, 0.15) is 122 Å². The molecule has 13 nitrogen and oxygen atoms in total. The highest BCUT2D eigenvalue weighted by Gasteiger charge is 2.40. The number of rotatable bonds is 24. The standard InChI is InChI=1S/C18H36O2.C6H8O7.C4H7NO3/c1-2-3-4-5-6-7-8-9-10-11-12-13-14-15-16-17-18(19)20;7-3(8)1-6(13,5(11)12)2-4(9)10;5-3-8-2-4(7)1-6/h2-17H2,1H3,(H,19,20);13H,1-2H2,(H,7,8)(H,9,10)(H,11,12);4,6-7H,1-2H2. The molecule has 0 fully saturated rings. The number of aliphatic hydroxyl groups is 3. The van der Waals surface area contributed by atoms with Crippen LogP contribution in [0.15, 0.2) is 0 Å². The fraction of sp³-hybridized carbons (Fsp3) is 0.821. The molecule has 41 heavy (non-hydrogen) atoms. The van der Waals surface area contributed by atoms with Crippen LogP contribution in [0.5, 0.6) is 0 Å². The SMILES string of the molecule is CCCCCCCCCCCCCCCCCC(=O)O.N#COCC(O)CO.O=C(O)CC(O)(CC(=O)O)C(=O)O. The van der Waals surface area contributed by atoms with Crippen molar-refractivity contribution in [1.29, 1.82) is 5.26 Å². The van der Waals surface area contributed by atoms with Gasteiger partial charge in [0.1, 0.15) is 12.7 Å². The Balaban J connectivity index is -0.000000587. The first-order chi connectivity index (χ1) is 19.4. The molecule has 0 aliphatic carbocycles. The van der Waals surface area contributed by atoms with Crippen molar-refractivity contribution in [2.45, 2.75) is 134 Å². The maximum absolute atomic E-state index is 10.3. The quantitative estimate of drug-likeness (QED) is 0.0620. The summed E-state index contributed by atoms with van der Waals surface area (Å²) in [4.78, 5) is 40.8. The van der Waals surface area contributed by atoms with E-state index < -0.39 is 48.4 Å². The van der Waals surface area contributed by atoms with Crippen molar-refractivity contribution in [3.63, 3.8) is 0 Å². The van der Waals surface area contributed by atoms with E-state index >= 15 is 0 Å². The predicted molar refractivity (Wildman–Crippen MR) is 149 cm³/mol. The molecule has 0 aromatic heterocycles. The van der Waals surface area contributed by atoms with Crippen LogP contribution in [-0.2, 0) is 23.9 Å². The van der Waals surface area contributed by atoms with Gasteiger partial charge in [0.2, 0.25) is 0 Å². The molecule has 0 aromatic carbocycles. The summed E-state index contributed by atoms with van der Waals surface area (Å²) in [6.45, 7) is 1.76. The fourth-order valence-corrected chi connectivity index (χ4v) is 3.55. The van der Waals surface area contributed by atoms with Crippen molar-refractivity contribution < 1.29 is 59.7 Å². The number of aliphatic carboxylic acids is 4. The molecule has 0 bridgehead atoms. The Labute approximate surface area is 242 Å². The molecule has 7 N–H and O–H groups in total. The number of aliphatic hydroxyl groups excluding tert-OH is 2. The number of nitrogens with zero attached hydrogens (tertiary/aromatic N) is 1. The van der Waals surface area contributed by atoms with E-state index in [1.54, 1.807) is 0 Å². The largest absolute Gasteiger partial charge is 0.481 e. The van der Waals surface area contributed by atoms with Crippen LogP contribution < -0.4 is 0 Å². The van der Waals surface area contributed by atoms with Crippen molar-refractivity contribution in [1.82, 2.24) is 0 Å². The third-order valence-corrected chi connectivity index (χ3v) is 5.83. The minimum atomic E-state index is -2.74. The van der Waals surface area contributed by atoms with Crippen molar-refractivity contribution in [2.75, 3.05) is 13.2 Å². The molecule has 240 valence electrons. The van der Waals surface area contributed by atoms with Gasteiger partial charge in [0.05, 0.1) is 19.4 Å². The van der Waals surface area contributed by atoms with Crippen molar-refractivity contribution in [2.24, 2.45) is 0 Å². The number of hydrogen-bond donors (Lipinski definition) is 7. The summed E-state index contributed by atoms with van der Waals surface area (Å²) in [5.74, 6) is -5.67. The second kappa shape index (κ2) is 30.0. The molecule has 0 heterocycles. The van der Waals surface area contributed by atoms with Gasteiger partial charge in [0.15, 0.2) is 5.60 Å². The average Bonchev–Trinajstić information content (AvgIpc) is 2.89. The lowest BCUT2D eigenvalue weighted by atomic mass is 9.96. The van der Waals surface area contributed by atoms with Crippen LogP contribution >= 0.6 is 0 Å². The summed E-state index contributed by atoms with van der Waals surface area (Å²) in [6.07, 6.45) is 18.3. The molecule has 0 saturated heterocycles. The van der Waals surface area contributed by atoms with Gasteiger partial charge in [-0.1, -0.05) is 96.8 Å². The van der Waals surface area contributed by atoms with Crippen LogP contribution in [-0.4, -0.2) is 84.5 Å². The van der Waals surface area contributed by atoms with Crippen LogP contribution in [0.2, 0.25) is 0 Å². The first-order valence-electron chi connectivity index (χ1n) is 14.3. The number of carboxylic acid groups (broad SMARTS) is 4. The molecular formula is C28H51NO12. The normalized spacial score (nSPS) is 11.1. The molecule has 1 atom stereocenters. The summed E-state index contributed by atoms with van der Waals surface area (Å²) >= 11 is 0. The Morgan fingerprint density at radius 3 is 1.34 bits per heavy atom. The van der Waals surface area contributed by atoms with Gasteiger partial charge in [0.25, 0.3) is 6.26 Å². The van der Waals surface area contributed by atoms with Crippen molar-refractivity contribution >= 4 is 23.9 Å². The molecule has 0 rings (SSSR count). The van der Waals surface area contributed by atoms with Gasteiger partial charge in [0, 0.05) is 6.42 Å². The number of carboxylic acids is 4. The Bertz CT molecular complexity index is 707. The van der Waals surface area contributed by atoms with E-state index in [0.717, 1.165) is 12.8 Å². The van der Waals surface area contributed by atoms with Gasteiger partial charge < -0.3 is 40.5 Å². The summed E-state index contributed by atoms with van der Waals surface area (Å²) in [6, 6.07) is 0. The highest BCUT2D eigenvalue weighted by atomic mass is 16.5. The van der Waals surface area contributed by atoms with Crippen LogP contribution in [0.25, 0.3) is 0 Å². The topological polar surface area (TPSA) is 243 Å². The Morgan fingerprint density at radius 1 is 0.707 bits per heavy atom. The third-order valence-electron chi connectivity index (χ3n) is 5.83. The maximum atomic E-state index is 10.3. The van der Waals surface area contributed by atoms with Gasteiger partial charge in [-0.3, -0.25) is 14.4 Å². The summed E-state index contributed by atoms with van der Waals surface area (Å²) in [5.41, 5.74) is -2.74. The number of nitriles is 1. The van der Waals surface area contributed by atoms with Crippen LogP contribution in [0.4, 0.5) is 0 Å². The first kappa shape index (κ1) is 42.5. The summed E-state index contributed by atoms with van der Waals surface area (Å²) in [5, 5.41) is 66.7. The van der Waals surface area contributed by atoms with E-state index in [4.69, 9.17) is 41.0 Å².